The summed E-state index contributed by atoms with van der Waals surface area (Å²) in [5.74, 6) is 0.592. The highest BCUT2D eigenvalue weighted by molar-refractivity contribution is 5.86. The Bertz CT molecular complexity index is 839. The number of alkyl halides is 2. The van der Waals surface area contributed by atoms with Gasteiger partial charge in [0.05, 0.1) is 12.8 Å². The predicted molar refractivity (Wildman–Crippen MR) is 102 cm³/mol. The number of hydrogen-bond donors (Lipinski definition) is 1. The molecule has 0 aliphatic carbocycles. The minimum absolute atomic E-state index is 0.0182. The van der Waals surface area contributed by atoms with Crippen molar-refractivity contribution in [3.63, 3.8) is 0 Å². The molecule has 0 unspecified atom stereocenters. The molecule has 2 aromatic rings. The number of carbonyl (C=O) groups excluding carboxylic acids is 1. The van der Waals surface area contributed by atoms with Gasteiger partial charge in [0.25, 0.3) is 6.43 Å². The first-order valence-corrected chi connectivity index (χ1v) is 9.06. The number of ether oxygens (including phenoxy) is 2. The number of anilines is 1. The van der Waals surface area contributed by atoms with E-state index >= 15 is 0 Å². The molecule has 0 aliphatic heterocycles. The van der Waals surface area contributed by atoms with Gasteiger partial charge >= 0.3 is 6.09 Å². The Morgan fingerprint density at radius 1 is 1.18 bits per heavy atom. The number of carbonyl (C=O) groups is 1. The van der Waals surface area contributed by atoms with Crippen LogP contribution in [0.25, 0.3) is 0 Å². The van der Waals surface area contributed by atoms with E-state index < -0.39 is 12.5 Å². The van der Waals surface area contributed by atoms with Crippen molar-refractivity contribution in [3.05, 3.63) is 58.1 Å². The molecule has 0 atom stereocenters. The number of nitrogens with zero attached hydrogens (tertiary/aromatic N) is 1. The second-order valence-corrected chi connectivity index (χ2v) is 6.31. The van der Waals surface area contributed by atoms with Crippen LogP contribution in [0.2, 0.25) is 0 Å². The molecular formula is C21H25F2NO4. The van der Waals surface area contributed by atoms with Crippen LogP contribution in [0.3, 0.4) is 0 Å². The van der Waals surface area contributed by atoms with E-state index in [0.717, 1.165) is 31.1 Å². The third-order valence-electron chi connectivity index (χ3n) is 4.65. The molecular weight excluding hydrogens is 368 g/mol. The van der Waals surface area contributed by atoms with E-state index in [0.29, 0.717) is 5.75 Å². The second-order valence-electron chi connectivity index (χ2n) is 6.31. The van der Waals surface area contributed by atoms with Crippen molar-refractivity contribution >= 4 is 11.8 Å². The largest absolute Gasteiger partial charge is 0.489 e. The maximum absolute atomic E-state index is 13.5. The van der Waals surface area contributed by atoms with Crippen molar-refractivity contribution in [2.45, 2.75) is 46.6 Å². The Morgan fingerprint density at radius 2 is 1.86 bits per heavy atom. The molecule has 0 saturated heterocycles. The molecule has 2 aromatic carbocycles. The molecule has 5 nitrogen and oxygen atoms in total. The van der Waals surface area contributed by atoms with E-state index in [1.54, 1.807) is 0 Å². The van der Waals surface area contributed by atoms with Crippen LogP contribution in [0.4, 0.5) is 19.3 Å². The van der Waals surface area contributed by atoms with Gasteiger partial charge in [-0.25, -0.2) is 13.6 Å². The van der Waals surface area contributed by atoms with Crippen LogP contribution < -0.4 is 9.80 Å². The fourth-order valence-corrected chi connectivity index (χ4v) is 3.06. The van der Waals surface area contributed by atoms with Gasteiger partial charge in [-0.05, 0) is 48.6 Å². The molecule has 0 aromatic heterocycles. The van der Waals surface area contributed by atoms with Crippen molar-refractivity contribution in [1.29, 1.82) is 0 Å². The van der Waals surface area contributed by atoms with Gasteiger partial charge in [-0.2, -0.15) is 5.06 Å². The number of methoxy groups -OCH3 is 1. The van der Waals surface area contributed by atoms with Crippen LogP contribution in [0.15, 0.2) is 30.3 Å². The van der Waals surface area contributed by atoms with E-state index in [-0.39, 0.29) is 28.5 Å². The second kappa shape index (κ2) is 9.50. The molecule has 0 heterocycles. The van der Waals surface area contributed by atoms with Crippen LogP contribution in [-0.2, 0) is 24.2 Å². The summed E-state index contributed by atoms with van der Waals surface area (Å²) in [7, 11) is 1.09. The van der Waals surface area contributed by atoms with Crippen LogP contribution in [-0.4, -0.2) is 18.4 Å². The number of hydroxylamine groups is 1. The Hall–Kier alpha value is -2.67. The Kier molecular flexibility index (Phi) is 7.34. The summed E-state index contributed by atoms with van der Waals surface area (Å²) in [6.45, 7) is 5.79. The lowest BCUT2D eigenvalue weighted by molar-refractivity contribution is 0.138. The first kappa shape index (κ1) is 21.6. The topological polar surface area (TPSA) is 59.0 Å². The third kappa shape index (κ3) is 4.59. The Morgan fingerprint density at radius 3 is 2.43 bits per heavy atom. The average molecular weight is 393 g/mol. The summed E-state index contributed by atoms with van der Waals surface area (Å²) in [5.41, 5.74) is 2.81. The van der Waals surface area contributed by atoms with Crippen LogP contribution in [0, 0.1) is 6.92 Å². The molecule has 0 saturated carbocycles. The lowest BCUT2D eigenvalue weighted by Crippen LogP contribution is -2.28. The Labute approximate surface area is 163 Å². The lowest BCUT2D eigenvalue weighted by Gasteiger charge is -2.21. The highest BCUT2D eigenvalue weighted by Gasteiger charge is 2.23. The molecule has 1 amide bonds. The quantitative estimate of drug-likeness (QED) is 0.491. The normalized spacial score (nSPS) is 10.9. The summed E-state index contributed by atoms with van der Waals surface area (Å²) in [4.78, 5) is 11.7. The van der Waals surface area contributed by atoms with Crippen LogP contribution >= 0.6 is 0 Å². The first-order valence-electron chi connectivity index (χ1n) is 9.06. The van der Waals surface area contributed by atoms with Gasteiger partial charge in [-0.3, -0.25) is 5.21 Å². The molecule has 7 heteroatoms. The van der Waals surface area contributed by atoms with Crippen molar-refractivity contribution in [3.8, 4) is 5.75 Å². The number of halogens is 2. The molecule has 0 radical (unpaired) electrons. The molecule has 28 heavy (non-hydrogen) atoms. The van der Waals surface area contributed by atoms with E-state index in [2.05, 4.69) is 17.7 Å². The van der Waals surface area contributed by atoms with Crippen LogP contribution in [0.5, 0.6) is 5.75 Å². The van der Waals surface area contributed by atoms with E-state index in [1.165, 1.54) is 23.8 Å². The van der Waals surface area contributed by atoms with Gasteiger partial charge < -0.3 is 9.47 Å². The summed E-state index contributed by atoms with van der Waals surface area (Å²) < 4.78 is 37.4. The smallest absolute Gasteiger partial charge is 0.438 e. The van der Waals surface area contributed by atoms with Crippen molar-refractivity contribution in [1.82, 2.24) is 0 Å². The SMILES string of the molecule is CCc1cc(CC)c(OCc2c(C(F)F)cccc2N(O)C(=O)OC)cc1C. The zero-order valence-corrected chi connectivity index (χ0v) is 16.5. The summed E-state index contributed by atoms with van der Waals surface area (Å²) in [6, 6.07) is 7.87. The highest BCUT2D eigenvalue weighted by atomic mass is 19.3. The maximum Gasteiger partial charge on any atom is 0.438 e. The zero-order valence-electron chi connectivity index (χ0n) is 16.5. The molecule has 0 aliphatic rings. The van der Waals surface area contributed by atoms with Gasteiger partial charge in [-0.1, -0.05) is 32.0 Å². The van der Waals surface area contributed by atoms with E-state index in [9.17, 15) is 18.8 Å². The van der Waals surface area contributed by atoms with Gasteiger partial charge in [0.1, 0.15) is 12.4 Å². The van der Waals surface area contributed by atoms with Crippen molar-refractivity contribution in [2.75, 3.05) is 12.2 Å². The zero-order chi connectivity index (χ0) is 20.8. The molecule has 0 spiro atoms. The van der Waals surface area contributed by atoms with Gasteiger partial charge in [0, 0.05) is 11.1 Å². The maximum atomic E-state index is 13.5. The van der Waals surface area contributed by atoms with Crippen LogP contribution in [0.1, 0.15) is 48.1 Å². The highest BCUT2D eigenvalue weighted by Crippen LogP contribution is 2.33. The molecule has 2 rings (SSSR count). The monoisotopic (exact) mass is 393 g/mol. The van der Waals surface area contributed by atoms with E-state index in [4.69, 9.17) is 4.74 Å². The van der Waals surface area contributed by atoms with E-state index in [1.807, 2.05) is 19.9 Å². The van der Waals surface area contributed by atoms with Crippen molar-refractivity contribution in [2.24, 2.45) is 0 Å². The van der Waals surface area contributed by atoms with Gasteiger partial charge in [0.2, 0.25) is 0 Å². The number of hydrogen-bond acceptors (Lipinski definition) is 4. The molecule has 152 valence electrons. The number of rotatable bonds is 7. The lowest BCUT2D eigenvalue weighted by atomic mass is 10.0. The third-order valence-corrected chi connectivity index (χ3v) is 4.65. The fraction of sp³-hybridized carbons (Fsp3) is 0.381. The van der Waals surface area contributed by atoms with Gasteiger partial charge in [0.15, 0.2) is 0 Å². The minimum atomic E-state index is -2.79. The number of amides is 1. The summed E-state index contributed by atoms with van der Waals surface area (Å²) in [6.07, 6.45) is -2.26. The Balaban J connectivity index is 2.43. The summed E-state index contributed by atoms with van der Waals surface area (Å²) >= 11 is 0. The molecule has 0 fully saturated rings. The fourth-order valence-electron chi connectivity index (χ4n) is 3.06. The predicted octanol–water partition coefficient (Wildman–Crippen LogP) is 5.60. The van der Waals surface area contributed by atoms with Crippen molar-refractivity contribution < 1.29 is 28.3 Å². The number of aryl methyl sites for hydroxylation is 3. The number of benzene rings is 2. The average Bonchev–Trinajstić information content (AvgIpc) is 2.70. The molecule has 0 bridgehead atoms. The standard InChI is InChI=1S/C21H25F2NO4/c1-5-14-11-15(6-2)19(10-13(14)3)28-12-17-16(20(22)23)8-7-9-18(17)24(26)21(25)27-4/h7-11,20,26H,5-6,12H2,1-4H3. The van der Waals surface area contributed by atoms with Gasteiger partial charge in [-0.15, -0.1) is 0 Å². The first-order chi connectivity index (χ1) is 13.3. The minimum Gasteiger partial charge on any atom is -0.489 e. The molecule has 1 N–H and O–H groups in total. The summed E-state index contributed by atoms with van der Waals surface area (Å²) in [5, 5.41) is 10.2.